The topological polar surface area (TPSA) is 67.4 Å². The molecule has 0 aromatic heterocycles. The lowest BCUT2D eigenvalue weighted by molar-refractivity contribution is -0.119. The van der Waals surface area contributed by atoms with Gasteiger partial charge in [-0.05, 0) is 31.2 Å². The Morgan fingerprint density at radius 1 is 1.05 bits per heavy atom. The minimum atomic E-state index is -0.538. The number of anilines is 2. The van der Waals surface area contributed by atoms with E-state index >= 15 is 0 Å². The molecule has 0 radical (unpaired) electrons. The highest BCUT2D eigenvalue weighted by Gasteiger charge is 2.13. The third-order valence-electron chi connectivity index (χ3n) is 3.09. The van der Waals surface area contributed by atoms with Gasteiger partial charge in [0.1, 0.15) is 0 Å². The second-order valence-electron chi connectivity index (χ2n) is 4.79. The molecule has 22 heavy (non-hydrogen) atoms. The lowest BCUT2D eigenvalue weighted by Gasteiger charge is -2.09. The molecule has 0 aliphatic rings. The van der Waals surface area contributed by atoms with Crippen molar-refractivity contribution in [2.24, 2.45) is 0 Å². The number of para-hydroxylation sites is 1. The maximum atomic E-state index is 12.0. The second-order valence-corrected chi connectivity index (χ2v) is 4.79. The van der Waals surface area contributed by atoms with Gasteiger partial charge in [0.15, 0.2) is 6.61 Å². The Morgan fingerprint density at radius 2 is 1.73 bits per heavy atom. The van der Waals surface area contributed by atoms with Crippen molar-refractivity contribution >= 4 is 23.3 Å². The minimum Gasteiger partial charge on any atom is -0.452 e. The summed E-state index contributed by atoms with van der Waals surface area (Å²) in [5.41, 5.74) is 2.83. The van der Waals surface area contributed by atoms with Gasteiger partial charge in [-0.15, -0.1) is 0 Å². The molecule has 1 amide bonds. The molecule has 0 atom stereocenters. The molecule has 2 aromatic rings. The van der Waals surface area contributed by atoms with E-state index in [1.807, 2.05) is 25.1 Å². The first-order chi connectivity index (χ1) is 10.6. The molecule has 0 saturated heterocycles. The van der Waals surface area contributed by atoms with Gasteiger partial charge in [0, 0.05) is 18.4 Å². The van der Waals surface area contributed by atoms with E-state index in [4.69, 9.17) is 4.74 Å². The lowest BCUT2D eigenvalue weighted by atomic mass is 10.2. The van der Waals surface area contributed by atoms with Crippen molar-refractivity contribution in [2.45, 2.75) is 6.92 Å². The number of carbonyl (C=O) groups excluding carboxylic acids is 2. The highest BCUT2D eigenvalue weighted by atomic mass is 16.5. The van der Waals surface area contributed by atoms with Crippen LogP contribution in [0.4, 0.5) is 11.4 Å². The van der Waals surface area contributed by atoms with Crippen molar-refractivity contribution in [1.29, 1.82) is 0 Å². The molecular formula is C17H18N2O3. The summed E-state index contributed by atoms with van der Waals surface area (Å²) in [5, 5.41) is 5.58. The molecule has 5 nitrogen and oxygen atoms in total. The molecule has 2 N–H and O–H groups in total. The minimum absolute atomic E-state index is 0.329. The van der Waals surface area contributed by atoms with Crippen LogP contribution in [0.1, 0.15) is 15.9 Å². The van der Waals surface area contributed by atoms with Crippen LogP contribution in [0.2, 0.25) is 0 Å². The first-order valence-corrected chi connectivity index (χ1v) is 6.90. The van der Waals surface area contributed by atoms with Gasteiger partial charge in [0.05, 0.1) is 5.56 Å². The molecule has 5 heteroatoms. The summed E-state index contributed by atoms with van der Waals surface area (Å²) in [6.07, 6.45) is 0. The largest absolute Gasteiger partial charge is 0.452 e. The predicted octanol–water partition coefficient (Wildman–Crippen LogP) is 2.83. The van der Waals surface area contributed by atoms with E-state index in [-0.39, 0.29) is 12.5 Å². The number of amides is 1. The standard InChI is InChI=1S/C17H18N2O3/c1-12-7-9-13(10-8-12)19-16(20)11-22-17(21)14-5-3-4-6-15(14)18-2/h3-10,18H,11H2,1-2H3,(H,19,20). The molecule has 2 rings (SSSR count). The van der Waals surface area contributed by atoms with Crippen molar-refractivity contribution < 1.29 is 14.3 Å². The summed E-state index contributed by atoms with van der Waals surface area (Å²) in [7, 11) is 1.72. The number of aryl methyl sites for hydroxylation is 1. The van der Waals surface area contributed by atoms with Crippen LogP contribution in [0.3, 0.4) is 0 Å². The van der Waals surface area contributed by atoms with Gasteiger partial charge in [0.2, 0.25) is 0 Å². The van der Waals surface area contributed by atoms with Crippen LogP contribution in [-0.4, -0.2) is 25.5 Å². The van der Waals surface area contributed by atoms with E-state index in [9.17, 15) is 9.59 Å². The molecular weight excluding hydrogens is 280 g/mol. The van der Waals surface area contributed by atoms with Gasteiger partial charge in [-0.25, -0.2) is 4.79 Å². The van der Waals surface area contributed by atoms with E-state index in [0.717, 1.165) is 5.56 Å². The molecule has 114 valence electrons. The average molecular weight is 298 g/mol. The van der Waals surface area contributed by atoms with Crippen LogP contribution in [0.15, 0.2) is 48.5 Å². The summed E-state index contributed by atoms with van der Waals surface area (Å²) in [5.74, 6) is -0.914. The Kier molecular flexibility index (Phi) is 5.14. The third-order valence-corrected chi connectivity index (χ3v) is 3.09. The number of nitrogens with one attached hydrogen (secondary N) is 2. The summed E-state index contributed by atoms with van der Waals surface area (Å²) < 4.78 is 5.04. The third kappa shape index (κ3) is 4.09. The first-order valence-electron chi connectivity index (χ1n) is 6.90. The summed E-state index contributed by atoms with van der Waals surface area (Å²) in [4.78, 5) is 23.8. The Balaban J connectivity index is 1.90. The van der Waals surface area contributed by atoms with Crippen LogP contribution >= 0.6 is 0 Å². The SMILES string of the molecule is CNc1ccccc1C(=O)OCC(=O)Nc1ccc(C)cc1. The van der Waals surface area contributed by atoms with Crippen molar-refractivity contribution in [3.63, 3.8) is 0 Å². The highest BCUT2D eigenvalue weighted by Crippen LogP contribution is 2.15. The van der Waals surface area contributed by atoms with Crippen molar-refractivity contribution in [2.75, 3.05) is 24.3 Å². The molecule has 0 spiro atoms. The van der Waals surface area contributed by atoms with Crippen LogP contribution in [0, 0.1) is 6.92 Å². The quantitative estimate of drug-likeness (QED) is 0.833. The number of benzene rings is 2. The smallest absolute Gasteiger partial charge is 0.340 e. The monoisotopic (exact) mass is 298 g/mol. The summed E-state index contributed by atoms with van der Waals surface area (Å²) in [6.45, 7) is 1.64. The Morgan fingerprint density at radius 3 is 2.41 bits per heavy atom. The molecule has 0 aliphatic carbocycles. The van der Waals surface area contributed by atoms with E-state index in [2.05, 4.69) is 10.6 Å². The number of ether oxygens (including phenoxy) is 1. The Bertz CT molecular complexity index is 666. The maximum Gasteiger partial charge on any atom is 0.340 e. The van der Waals surface area contributed by atoms with E-state index in [0.29, 0.717) is 16.9 Å². The fourth-order valence-electron chi connectivity index (χ4n) is 1.92. The van der Waals surface area contributed by atoms with Gasteiger partial charge in [-0.3, -0.25) is 4.79 Å². The fraction of sp³-hybridized carbons (Fsp3) is 0.176. The molecule has 0 saturated carbocycles. The summed E-state index contributed by atoms with van der Waals surface area (Å²) >= 11 is 0. The molecule has 2 aromatic carbocycles. The number of hydrogen-bond acceptors (Lipinski definition) is 4. The molecule has 0 fully saturated rings. The average Bonchev–Trinajstić information content (AvgIpc) is 2.54. The van der Waals surface area contributed by atoms with Gasteiger partial charge in [0.25, 0.3) is 5.91 Å². The molecule has 0 bridgehead atoms. The van der Waals surface area contributed by atoms with Crippen LogP contribution in [-0.2, 0) is 9.53 Å². The predicted molar refractivity (Wildman–Crippen MR) is 86.1 cm³/mol. The van der Waals surface area contributed by atoms with Gasteiger partial charge in [-0.2, -0.15) is 0 Å². The summed E-state index contributed by atoms with van der Waals surface area (Å²) in [6, 6.07) is 14.3. The highest BCUT2D eigenvalue weighted by molar-refractivity contribution is 5.98. The number of esters is 1. The first kappa shape index (κ1) is 15.6. The number of rotatable bonds is 5. The zero-order valence-corrected chi connectivity index (χ0v) is 12.6. The molecule has 0 aliphatic heterocycles. The van der Waals surface area contributed by atoms with E-state index in [1.165, 1.54) is 0 Å². The Labute approximate surface area is 129 Å². The van der Waals surface area contributed by atoms with Gasteiger partial charge < -0.3 is 15.4 Å². The Hall–Kier alpha value is -2.82. The van der Waals surface area contributed by atoms with Crippen LogP contribution < -0.4 is 10.6 Å². The van der Waals surface area contributed by atoms with E-state index < -0.39 is 5.97 Å². The maximum absolute atomic E-state index is 12.0. The lowest BCUT2D eigenvalue weighted by Crippen LogP contribution is -2.21. The van der Waals surface area contributed by atoms with Gasteiger partial charge in [-0.1, -0.05) is 29.8 Å². The van der Waals surface area contributed by atoms with E-state index in [1.54, 1.807) is 37.4 Å². The van der Waals surface area contributed by atoms with Crippen LogP contribution in [0.25, 0.3) is 0 Å². The number of hydrogen-bond donors (Lipinski definition) is 2. The van der Waals surface area contributed by atoms with Crippen molar-refractivity contribution in [1.82, 2.24) is 0 Å². The van der Waals surface area contributed by atoms with Crippen LogP contribution in [0.5, 0.6) is 0 Å². The van der Waals surface area contributed by atoms with Crippen molar-refractivity contribution in [3.8, 4) is 0 Å². The number of carbonyl (C=O) groups is 2. The molecule has 0 heterocycles. The second kappa shape index (κ2) is 7.26. The van der Waals surface area contributed by atoms with Crippen molar-refractivity contribution in [3.05, 3.63) is 59.7 Å². The zero-order chi connectivity index (χ0) is 15.9. The fourth-order valence-corrected chi connectivity index (χ4v) is 1.92. The normalized spacial score (nSPS) is 9.91. The molecule has 0 unspecified atom stereocenters. The van der Waals surface area contributed by atoms with Gasteiger partial charge >= 0.3 is 5.97 Å². The zero-order valence-electron chi connectivity index (χ0n) is 12.6.